The maximum Gasteiger partial charge on any atom is 0.207 e. The molecule has 0 bridgehead atoms. The molecule has 0 saturated heterocycles. The Hall–Kier alpha value is -2.75. The molecule has 184 valence electrons. The topological polar surface area (TPSA) is 105 Å². The van der Waals surface area contributed by atoms with Gasteiger partial charge >= 0.3 is 0 Å². The van der Waals surface area contributed by atoms with Gasteiger partial charge in [-0.3, -0.25) is 4.79 Å². The molecule has 0 aromatic heterocycles. The number of rotatable bonds is 12. The summed E-state index contributed by atoms with van der Waals surface area (Å²) in [5, 5.41) is 16.6. The van der Waals surface area contributed by atoms with Gasteiger partial charge in [0.25, 0.3) is 0 Å². The fourth-order valence-electron chi connectivity index (χ4n) is 4.16. The van der Waals surface area contributed by atoms with Gasteiger partial charge < -0.3 is 20.5 Å². The maximum absolute atomic E-state index is 14.0. The summed E-state index contributed by atoms with van der Waals surface area (Å²) in [5.41, 5.74) is 3.31. The minimum absolute atomic E-state index is 0.00177. The third kappa shape index (κ3) is 6.88. The average Bonchev–Trinajstić information content (AvgIpc) is 2.79. The molecule has 1 amide bonds. The molecule has 1 heterocycles. The molecule has 3 unspecified atom stereocenters. The highest BCUT2D eigenvalue weighted by Crippen LogP contribution is 2.29. The van der Waals surface area contributed by atoms with E-state index < -0.39 is 33.8 Å². The minimum Gasteiger partial charge on any atom is -0.489 e. The van der Waals surface area contributed by atoms with Gasteiger partial charge in [-0.25, -0.2) is 12.8 Å². The number of fused-ring (bicyclic) bond motifs is 1. The highest BCUT2D eigenvalue weighted by Gasteiger charge is 2.31. The van der Waals surface area contributed by atoms with E-state index in [0.29, 0.717) is 17.7 Å². The Kier molecular flexibility index (Phi) is 8.82. The second kappa shape index (κ2) is 11.6. The van der Waals surface area contributed by atoms with Crippen LogP contribution < -0.4 is 15.4 Å². The van der Waals surface area contributed by atoms with Gasteiger partial charge in [0.2, 0.25) is 6.41 Å². The molecule has 3 rings (SSSR count). The number of hydrogen-bond acceptors (Lipinski definition) is 6. The molecular weight excluding hydrogens is 459 g/mol. The molecule has 1 aliphatic rings. The second-order valence-electron chi connectivity index (χ2n) is 8.46. The SMILES string of the molecule is C=CCOc1cc(F)cc(CC(NC=O)C(O)CNC2CS(=O)(=O)Cc3ccc(CC)cc32)c1. The smallest absolute Gasteiger partial charge is 0.207 e. The first-order valence-corrected chi connectivity index (χ1v) is 13.0. The van der Waals surface area contributed by atoms with Gasteiger partial charge in [-0.05, 0) is 47.2 Å². The van der Waals surface area contributed by atoms with Crippen LogP contribution in [0.5, 0.6) is 5.75 Å². The lowest BCUT2D eigenvalue weighted by molar-refractivity contribution is -0.110. The zero-order chi connectivity index (χ0) is 24.7. The number of nitrogens with one attached hydrogen (secondary N) is 2. The Morgan fingerprint density at radius 2 is 2.06 bits per heavy atom. The molecule has 0 radical (unpaired) electrons. The standard InChI is InChI=1S/C25H31FN2O5S/c1-3-7-33-21-9-18(8-20(26)12-21)11-23(28-16-29)25(30)13-27-24-15-34(31,32)14-19-6-5-17(4-2)10-22(19)24/h3,5-6,8-10,12,16,23-25,27,30H,1,4,7,11,13-15H2,2H3,(H,28,29). The molecular formula is C25H31FN2O5S. The third-order valence-corrected chi connectivity index (χ3v) is 7.46. The summed E-state index contributed by atoms with van der Waals surface area (Å²) >= 11 is 0. The highest BCUT2D eigenvalue weighted by atomic mass is 32.2. The van der Waals surface area contributed by atoms with Crippen molar-refractivity contribution >= 4 is 16.2 Å². The van der Waals surface area contributed by atoms with Crippen LogP contribution >= 0.6 is 0 Å². The van der Waals surface area contributed by atoms with Gasteiger partial charge in [-0.2, -0.15) is 0 Å². The van der Waals surface area contributed by atoms with Crippen LogP contribution in [-0.4, -0.2) is 51.0 Å². The normalized spacial score (nSPS) is 18.4. The zero-order valence-electron chi connectivity index (χ0n) is 19.2. The van der Waals surface area contributed by atoms with Crippen molar-refractivity contribution < 1.29 is 27.4 Å². The Balaban J connectivity index is 1.73. The summed E-state index contributed by atoms with van der Waals surface area (Å²) in [6.45, 7) is 5.85. The van der Waals surface area contributed by atoms with Gasteiger partial charge in [0.15, 0.2) is 9.84 Å². The van der Waals surface area contributed by atoms with E-state index in [-0.39, 0.29) is 31.1 Å². The van der Waals surface area contributed by atoms with Crippen LogP contribution in [0.2, 0.25) is 0 Å². The summed E-state index contributed by atoms with van der Waals surface area (Å²) < 4.78 is 44.3. The van der Waals surface area contributed by atoms with Crippen molar-refractivity contribution in [1.29, 1.82) is 0 Å². The van der Waals surface area contributed by atoms with E-state index in [1.165, 1.54) is 12.1 Å². The molecule has 3 N–H and O–H groups in total. The van der Waals surface area contributed by atoms with Crippen molar-refractivity contribution in [3.05, 3.63) is 77.1 Å². The minimum atomic E-state index is -3.29. The average molecular weight is 491 g/mol. The van der Waals surface area contributed by atoms with Crippen molar-refractivity contribution in [2.24, 2.45) is 0 Å². The monoisotopic (exact) mass is 490 g/mol. The van der Waals surface area contributed by atoms with Gasteiger partial charge in [0, 0.05) is 18.7 Å². The van der Waals surface area contributed by atoms with Gasteiger partial charge in [-0.15, -0.1) is 0 Å². The Morgan fingerprint density at radius 1 is 1.26 bits per heavy atom. The molecule has 0 fully saturated rings. The van der Waals surface area contributed by atoms with Crippen LogP contribution in [0.4, 0.5) is 4.39 Å². The number of aliphatic hydroxyl groups excluding tert-OH is 1. The fourth-order valence-corrected chi connectivity index (χ4v) is 5.82. The van der Waals surface area contributed by atoms with Crippen LogP contribution in [0.25, 0.3) is 0 Å². The van der Waals surface area contributed by atoms with Gasteiger partial charge in [0.1, 0.15) is 18.2 Å². The zero-order valence-corrected chi connectivity index (χ0v) is 20.0. The van der Waals surface area contributed by atoms with E-state index in [4.69, 9.17) is 4.74 Å². The summed E-state index contributed by atoms with van der Waals surface area (Å²) in [7, 11) is -3.29. The Labute approximate surface area is 199 Å². The number of hydrogen-bond donors (Lipinski definition) is 3. The first-order valence-electron chi connectivity index (χ1n) is 11.2. The second-order valence-corrected chi connectivity index (χ2v) is 10.6. The van der Waals surface area contributed by atoms with Crippen molar-refractivity contribution in [2.45, 2.75) is 43.7 Å². The predicted molar refractivity (Wildman–Crippen MR) is 129 cm³/mol. The summed E-state index contributed by atoms with van der Waals surface area (Å²) in [6.07, 6.45) is 1.96. The molecule has 0 aliphatic carbocycles. The van der Waals surface area contributed by atoms with Crippen molar-refractivity contribution in [3.63, 3.8) is 0 Å². The number of halogens is 1. The Bertz CT molecular complexity index is 1120. The van der Waals surface area contributed by atoms with E-state index in [9.17, 15) is 22.7 Å². The van der Waals surface area contributed by atoms with Crippen LogP contribution in [0.1, 0.15) is 35.2 Å². The molecule has 9 heteroatoms. The van der Waals surface area contributed by atoms with E-state index in [1.54, 1.807) is 12.1 Å². The molecule has 34 heavy (non-hydrogen) atoms. The number of benzene rings is 2. The van der Waals surface area contributed by atoms with E-state index in [1.807, 2.05) is 25.1 Å². The largest absolute Gasteiger partial charge is 0.489 e. The quantitative estimate of drug-likeness (QED) is 0.311. The number of carbonyl (C=O) groups is 1. The number of ether oxygens (including phenoxy) is 1. The molecule has 3 atom stereocenters. The number of carbonyl (C=O) groups excluding carboxylic acids is 1. The fraction of sp³-hybridized carbons (Fsp3) is 0.400. The number of sulfone groups is 1. The van der Waals surface area contributed by atoms with E-state index in [0.717, 1.165) is 23.1 Å². The molecule has 0 spiro atoms. The lowest BCUT2D eigenvalue weighted by Gasteiger charge is -2.30. The lowest BCUT2D eigenvalue weighted by atomic mass is 9.97. The molecule has 0 saturated carbocycles. The van der Waals surface area contributed by atoms with E-state index >= 15 is 0 Å². The molecule has 2 aromatic carbocycles. The number of aliphatic hydroxyl groups is 1. The highest BCUT2D eigenvalue weighted by molar-refractivity contribution is 7.90. The van der Waals surface area contributed by atoms with E-state index in [2.05, 4.69) is 17.2 Å². The van der Waals surface area contributed by atoms with Crippen LogP contribution in [0.15, 0.2) is 49.1 Å². The van der Waals surface area contributed by atoms with Crippen molar-refractivity contribution in [2.75, 3.05) is 18.9 Å². The third-order valence-electron chi connectivity index (χ3n) is 5.86. The summed E-state index contributed by atoms with van der Waals surface area (Å²) in [5.74, 6) is -0.245. The van der Waals surface area contributed by atoms with Gasteiger partial charge in [0.05, 0.1) is 23.7 Å². The predicted octanol–water partition coefficient (Wildman–Crippen LogP) is 2.23. The first kappa shape index (κ1) is 25.9. The van der Waals surface area contributed by atoms with Crippen molar-refractivity contribution in [3.8, 4) is 5.75 Å². The maximum atomic E-state index is 14.0. The number of amides is 1. The molecule has 7 nitrogen and oxygen atoms in total. The first-order chi connectivity index (χ1) is 16.2. The van der Waals surface area contributed by atoms with Gasteiger partial charge in [-0.1, -0.05) is 37.8 Å². The van der Waals surface area contributed by atoms with Crippen LogP contribution in [0.3, 0.4) is 0 Å². The number of aryl methyl sites for hydroxylation is 1. The summed E-state index contributed by atoms with van der Waals surface area (Å²) in [4.78, 5) is 11.2. The molecule has 2 aromatic rings. The lowest BCUT2D eigenvalue weighted by Crippen LogP contribution is -2.47. The van der Waals surface area contributed by atoms with Crippen molar-refractivity contribution in [1.82, 2.24) is 10.6 Å². The summed E-state index contributed by atoms with van der Waals surface area (Å²) in [6, 6.07) is 8.80. The Morgan fingerprint density at radius 3 is 2.76 bits per heavy atom. The van der Waals surface area contributed by atoms with Crippen LogP contribution in [-0.2, 0) is 33.2 Å². The van der Waals surface area contributed by atoms with Crippen LogP contribution in [0, 0.1) is 5.82 Å². The molecule has 1 aliphatic heterocycles.